The first-order valence-electron chi connectivity index (χ1n) is 8.99. The summed E-state index contributed by atoms with van der Waals surface area (Å²) in [5.74, 6) is 0.258. The second-order valence-corrected chi connectivity index (χ2v) is 7.31. The Morgan fingerprint density at radius 2 is 2.12 bits per heavy atom. The van der Waals surface area contributed by atoms with Crippen LogP contribution in [0.15, 0.2) is 24.5 Å². The summed E-state index contributed by atoms with van der Waals surface area (Å²) in [5, 5.41) is 0. The summed E-state index contributed by atoms with van der Waals surface area (Å²) < 4.78 is 0. The SMILES string of the molecule is C/C=C/CN1CCC[C@]2(CCC(=O)N(Cc3cnc(C)cn3)C2)C1. The smallest absolute Gasteiger partial charge is 0.222 e. The topological polar surface area (TPSA) is 49.3 Å². The number of nitrogens with zero attached hydrogens (tertiary/aromatic N) is 4. The van der Waals surface area contributed by atoms with Crippen LogP contribution < -0.4 is 0 Å². The zero-order valence-electron chi connectivity index (χ0n) is 14.9. The van der Waals surface area contributed by atoms with Crippen molar-refractivity contribution in [1.29, 1.82) is 0 Å². The van der Waals surface area contributed by atoms with Crippen LogP contribution >= 0.6 is 0 Å². The standard InChI is InChI=1S/C19H28N4O/c1-3-4-9-22-10-5-7-19(14-22)8-6-18(24)23(15-19)13-17-12-20-16(2)11-21-17/h3-4,11-12H,5-10,13-15H2,1-2H3/b4-3+/t19-/m0/s1. The summed E-state index contributed by atoms with van der Waals surface area (Å²) in [5.41, 5.74) is 2.05. The third kappa shape index (κ3) is 4.01. The van der Waals surface area contributed by atoms with Gasteiger partial charge >= 0.3 is 0 Å². The Balaban J connectivity index is 1.67. The van der Waals surface area contributed by atoms with E-state index in [1.165, 1.54) is 19.4 Å². The van der Waals surface area contributed by atoms with Gasteiger partial charge in [-0.25, -0.2) is 0 Å². The van der Waals surface area contributed by atoms with Crippen LogP contribution in [0.3, 0.4) is 0 Å². The molecule has 1 aromatic heterocycles. The number of hydrogen-bond acceptors (Lipinski definition) is 4. The highest BCUT2D eigenvalue weighted by Gasteiger charge is 2.41. The fourth-order valence-electron chi connectivity index (χ4n) is 4.00. The molecule has 0 radical (unpaired) electrons. The van der Waals surface area contributed by atoms with E-state index >= 15 is 0 Å². The molecule has 0 saturated carbocycles. The molecule has 0 N–H and O–H groups in total. The lowest BCUT2D eigenvalue weighted by Gasteiger charge is -2.48. The summed E-state index contributed by atoms with van der Waals surface area (Å²) >= 11 is 0. The number of allylic oxidation sites excluding steroid dienone is 1. The minimum atomic E-state index is 0.256. The Hall–Kier alpha value is -1.75. The zero-order chi connectivity index (χ0) is 17.0. The van der Waals surface area contributed by atoms with E-state index in [1.54, 1.807) is 12.4 Å². The molecule has 0 aliphatic carbocycles. The number of hydrogen-bond donors (Lipinski definition) is 0. The van der Waals surface area contributed by atoms with Crippen LogP contribution in [0.4, 0.5) is 0 Å². The van der Waals surface area contributed by atoms with Crippen LogP contribution in [0, 0.1) is 12.3 Å². The van der Waals surface area contributed by atoms with Gasteiger partial charge in [0.25, 0.3) is 0 Å². The monoisotopic (exact) mass is 328 g/mol. The summed E-state index contributed by atoms with van der Waals surface area (Å²) in [6, 6.07) is 0. The predicted molar refractivity (Wildman–Crippen MR) is 94.3 cm³/mol. The average molecular weight is 328 g/mol. The fourth-order valence-corrected chi connectivity index (χ4v) is 4.00. The Morgan fingerprint density at radius 1 is 1.25 bits per heavy atom. The second-order valence-electron chi connectivity index (χ2n) is 7.31. The molecule has 2 saturated heterocycles. The number of amides is 1. The molecule has 5 nitrogen and oxygen atoms in total. The first-order chi connectivity index (χ1) is 11.6. The zero-order valence-corrected chi connectivity index (χ0v) is 14.9. The van der Waals surface area contributed by atoms with Crippen molar-refractivity contribution in [3.05, 3.63) is 35.9 Å². The maximum absolute atomic E-state index is 12.4. The Morgan fingerprint density at radius 3 is 2.88 bits per heavy atom. The molecule has 2 aliphatic heterocycles. The number of rotatable bonds is 4. The maximum atomic E-state index is 12.4. The largest absolute Gasteiger partial charge is 0.336 e. The number of carbonyl (C=O) groups is 1. The van der Waals surface area contributed by atoms with Crippen molar-refractivity contribution in [3.8, 4) is 0 Å². The molecular formula is C19H28N4O. The van der Waals surface area contributed by atoms with Crippen molar-refractivity contribution < 1.29 is 4.79 Å². The van der Waals surface area contributed by atoms with Gasteiger partial charge in [-0.05, 0) is 39.7 Å². The highest BCUT2D eigenvalue weighted by Crippen LogP contribution is 2.39. The van der Waals surface area contributed by atoms with E-state index in [4.69, 9.17) is 0 Å². The van der Waals surface area contributed by atoms with Crippen molar-refractivity contribution in [2.45, 2.75) is 46.1 Å². The highest BCUT2D eigenvalue weighted by atomic mass is 16.2. The first kappa shape index (κ1) is 17.1. The number of likely N-dealkylation sites (tertiary alicyclic amines) is 2. The van der Waals surface area contributed by atoms with Gasteiger partial charge in [0.1, 0.15) is 0 Å². The normalized spacial score (nSPS) is 25.8. The maximum Gasteiger partial charge on any atom is 0.222 e. The molecule has 130 valence electrons. The van der Waals surface area contributed by atoms with E-state index in [1.807, 2.05) is 11.8 Å². The second kappa shape index (κ2) is 7.43. The molecule has 1 atom stereocenters. The van der Waals surface area contributed by atoms with E-state index in [0.29, 0.717) is 13.0 Å². The van der Waals surface area contributed by atoms with E-state index in [-0.39, 0.29) is 11.3 Å². The molecule has 3 heterocycles. The molecular weight excluding hydrogens is 300 g/mol. The lowest BCUT2D eigenvalue weighted by Crippen LogP contribution is -2.53. The van der Waals surface area contributed by atoms with Crippen LogP contribution in [-0.2, 0) is 11.3 Å². The molecule has 0 unspecified atom stereocenters. The molecule has 0 aromatic carbocycles. The molecule has 24 heavy (non-hydrogen) atoms. The number of carbonyl (C=O) groups excluding carboxylic acids is 1. The van der Waals surface area contributed by atoms with Crippen LogP contribution in [-0.4, -0.2) is 51.9 Å². The molecule has 5 heteroatoms. The van der Waals surface area contributed by atoms with Gasteiger partial charge in [-0.15, -0.1) is 0 Å². The van der Waals surface area contributed by atoms with E-state index in [0.717, 1.165) is 37.4 Å². The number of aromatic nitrogens is 2. The van der Waals surface area contributed by atoms with Crippen molar-refractivity contribution in [2.24, 2.45) is 5.41 Å². The Bertz CT molecular complexity index is 598. The first-order valence-corrected chi connectivity index (χ1v) is 8.99. The predicted octanol–water partition coefficient (Wildman–Crippen LogP) is 2.57. The number of piperidine rings is 2. The number of aryl methyl sites for hydroxylation is 1. The summed E-state index contributed by atoms with van der Waals surface area (Å²) in [7, 11) is 0. The Labute approximate surface area is 144 Å². The summed E-state index contributed by atoms with van der Waals surface area (Å²) in [4.78, 5) is 25.7. The fraction of sp³-hybridized carbons (Fsp3) is 0.632. The quantitative estimate of drug-likeness (QED) is 0.797. The van der Waals surface area contributed by atoms with Gasteiger partial charge in [-0.3, -0.25) is 19.7 Å². The Kier molecular flexibility index (Phi) is 5.29. The van der Waals surface area contributed by atoms with Crippen molar-refractivity contribution in [1.82, 2.24) is 19.8 Å². The minimum Gasteiger partial charge on any atom is -0.336 e. The molecule has 1 spiro atoms. The molecule has 0 bridgehead atoms. The van der Waals surface area contributed by atoms with E-state index in [9.17, 15) is 4.79 Å². The third-order valence-electron chi connectivity index (χ3n) is 5.28. The van der Waals surface area contributed by atoms with Crippen LogP contribution in [0.25, 0.3) is 0 Å². The molecule has 1 amide bonds. The van der Waals surface area contributed by atoms with Gasteiger partial charge in [0.05, 0.1) is 24.1 Å². The average Bonchev–Trinajstić information content (AvgIpc) is 2.59. The molecule has 2 fully saturated rings. The van der Waals surface area contributed by atoms with Crippen LogP contribution in [0.1, 0.15) is 44.0 Å². The molecule has 1 aromatic rings. The molecule has 2 aliphatic rings. The van der Waals surface area contributed by atoms with Gasteiger partial charge in [0, 0.05) is 37.7 Å². The van der Waals surface area contributed by atoms with Gasteiger partial charge < -0.3 is 4.90 Å². The van der Waals surface area contributed by atoms with Gasteiger partial charge in [0.15, 0.2) is 0 Å². The highest BCUT2D eigenvalue weighted by molar-refractivity contribution is 5.77. The molecule has 3 rings (SSSR count). The minimum absolute atomic E-state index is 0.256. The third-order valence-corrected chi connectivity index (χ3v) is 5.28. The van der Waals surface area contributed by atoms with Crippen LogP contribution in [0.5, 0.6) is 0 Å². The van der Waals surface area contributed by atoms with Crippen LogP contribution in [0.2, 0.25) is 0 Å². The van der Waals surface area contributed by atoms with Gasteiger partial charge in [-0.2, -0.15) is 0 Å². The van der Waals surface area contributed by atoms with Crippen molar-refractivity contribution >= 4 is 5.91 Å². The van der Waals surface area contributed by atoms with Gasteiger partial charge in [0.2, 0.25) is 5.91 Å². The van der Waals surface area contributed by atoms with Crippen molar-refractivity contribution in [2.75, 3.05) is 26.2 Å². The summed E-state index contributed by atoms with van der Waals surface area (Å²) in [6.07, 6.45) is 12.1. The lowest BCUT2D eigenvalue weighted by molar-refractivity contribution is -0.140. The summed E-state index contributed by atoms with van der Waals surface area (Å²) in [6.45, 7) is 8.73. The van der Waals surface area contributed by atoms with Crippen molar-refractivity contribution in [3.63, 3.8) is 0 Å². The van der Waals surface area contributed by atoms with E-state index < -0.39 is 0 Å². The van der Waals surface area contributed by atoms with E-state index in [2.05, 4.69) is 33.9 Å². The van der Waals surface area contributed by atoms with Gasteiger partial charge in [-0.1, -0.05) is 12.2 Å². The lowest BCUT2D eigenvalue weighted by atomic mass is 9.73.